The molecule has 0 spiro atoms. The van der Waals surface area contributed by atoms with Gasteiger partial charge in [0.2, 0.25) is 0 Å². The third-order valence-corrected chi connectivity index (χ3v) is 2.23. The zero-order valence-corrected chi connectivity index (χ0v) is 9.21. The quantitative estimate of drug-likeness (QED) is 0.724. The summed E-state index contributed by atoms with van der Waals surface area (Å²) in [6.45, 7) is 4.20. The van der Waals surface area contributed by atoms with Gasteiger partial charge in [-0.3, -0.25) is 9.48 Å². The minimum atomic E-state index is 0.131. The Hall–Kier alpha value is -0.870. The van der Waals surface area contributed by atoms with Gasteiger partial charge in [0.15, 0.2) is 6.29 Å². The molecule has 14 heavy (non-hydrogen) atoms. The predicted molar refractivity (Wildman–Crippen MR) is 53.7 cm³/mol. The molecule has 0 atom stereocenters. The summed E-state index contributed by atoms with van der Waals surface area (Å²) in [4.78, 5) is 10.8. The third kappa shape index (κ3) is 1.96. The van der Waals surface area contributed by atoms with Crippen LogP contribution in [0.25, 0.3) is 0 Å². The Morgan fingerprint density at radius 2 is 2.29 bits per heavy atom. The van der Waals surface area contributed by atoms with Crippen LogP contribution in [0.15, 0.2) is 0 Å². The molecule has 78 valence electrons. The lowest BCUT2D eigenvalue weighted by molar-refractivity contribution is 0.111. The summed E-state index contributed by atoms with van der Waals surface area (Å²) in [5.41, 5.74) is 1.00. The lowest BCUT2D eigenvalue weighted by atomic mass is 10.3. The molecule has 4 nitrogen and oxygen atoms in total. The van der Waals surface area contributed by atoms with Crippen LogP contribution < -0.4 is 0 Å². The smallest absolute Gasteiger partial charge is 0.155 e. The second kappa shape index (κ2) is 4.57. The van der Waals surface area contributed by atoms with Gasteiger partial charge in [0, 0.05) is 13.2 Å². The summed E-state index contributed by atoms with van der Waals surface area (Å²) in [6, 6.07) is 0.131. The highest BCUT2D eigenvalue weighted by Crippen LogP contribution is 2.22. The molecule has 0 aliphatic carbocycles. The molecule has 0 aromatic carbocycles. The summed E-state index contributed by atoms with van der Waals surface area (Å²) in [7, 11) is 1.55. The highest BCUT2D eigenvalue weighted by Gasteiger charge is 2.16. The first-order valence-corrected chi connectivity index (χ1v) is 4.70. The molecule has 0 unspecified atom stereocenters. The molecule has 1 aromatic heterocycles. The van der Waals surface area contributed by atoms with Crippen molar-refractivity contribution in [2.45, 2.75) is 26.5 Å². The number of methoxy groups -OCH3 is 1. The van der Waals surface area contributed by atoms with Crippen LogP contribution in [0.2, 0.25) is 5.15 Å². The van der Waals surface area contributed by atoms with Crippen LogP contribution in [0.4, 0.5) is 0 Å². The van der Waals surface area contributed by atoms with Gasteiger partial charge in [0.1, 0.15) is 10.8 Å². The van der Waals surface area contributed by atoms with Crippen molar-refractivity contribution in [3.63, 3.8) is 0 Å². The summed E-state index contributed by atoms with van der Waals surface area (Å²) in [6.07, 6.45) is 0.711. The molecule has 0 aliphatic rings. The maximum Gasteiger partial charge on any atom is 0.155 e. The molecule has 1 rings (SSSR count). The van der Waals surface area contributed by atoms with Crippen LogP contribution >= 0.6 is 11.6 Å². The van der Waals surface area contributed by atoms with E-state index in [1.165, 1.54) is 0 Å². The molecule has 0 fully saturated rings. The van der Waals surface area contributed by atoms with Gasteiger partial charge in [-0.15, -0.1) is 0 Å². The fraction of sp³-hybridized carbons (Fsp3) is 0.556. The normalized spacial score (nSPS) is 10.9. The first-order chi connectivity index (χ1) is 6.61. The molecule has 0 bridgehead atoms. The molecule has 0 saturated carbocycles. The van der Waals surface area contributed by atoms with E-state index in [0.29, 0.717) is 29.3 Å². The molecule has 0 radical (unpaired) electrons. The van der Waals surface area contributed by atoms with Crippen LogP contribution in [0, 0.1) is 0 Å². The summed E-state index contributed by atoms with van der Waals surface area (Å²) in [5.74, 6) is 0. The van der Waals surface area contributed by atoms with Crippen molar-refractivity contribution < 1.29 is 9.53 Å². The average Bonchev–Trinajstić information content (AvgIpc) is 2.43. The Kier molecular flexibility index (Phi) is 3.66. The minimum Gasteiger partial charge on any atom is -0.378 e. The second-order valence-electron chi connectivity index (χ2n) is 3.24. The first kappa shape index (κ1) is 11.2. The molecule has 5 heteroatoms. The third-order valence-electron chi connectivity index (χ3n) is 1.85. The highest BCUT2D eigenvalue weighted by molar-refractivity contribution is 6.32. The van der Waals surface area contributed by atoms with Gasteiger partial charge in [-0.2, -0.15) is 5.10 Å². The van der Waals surface area contributed by atoms with E-state index < -0.39 is 0 Å². The van der Waals surface area contributed by atoms with Gasteiger partial charge in [0.05, 0.1) is 12.2 Å². The monoisotopic (exact) mass is 216 g/mol. The van der Waals surface area contributed by atoms with Crippen molar-refractivity contribution in [3.8, 4) is 0 Å². The fourth-order valence-corrected chi connectivity index (χ4v) is 1.56. The maximum atomic E-state index is 10.8. The van der Waals surface area contributed by atoms with E-state index in [1.807, 2.05) is 13.8 Å². The second-order valence-corrected chi connectivity index (χ2v) is 3.60. The molecule has 1 aromatic rings. The van der Waals surface area contributed by atoms with E-state index in [9.17, 15) is 4.79 Å². The van der Waals surface area contributed by atoms with Crippen LogP contribution in [0.3, 0.4) is 0 Å². The number of halogens is 1. The summed E-state index contributed by atoms with van der Waals surface area (Å²) >= 11 is 5.97. The molecule has 0 saturated heterocycles. The van der Waals surface area contributed by atoms with Crippen molar-refractivity contribution in [2.24, 2.45) is 0 Å². The van der Waals surface area contributed by atoms with Gasteiger partial charge >= 0.3 is 0 Å². The van der Waals surface area contributed by atoms with Crippen LogP contribution in [0.5, 0.6) is 0 Å². The maximum absolute atomic E-state index is 10.8. The molecule has 0 N–H and O–H groups in total. The van der Waals surface area contributed by atoms with Crippen molar-refractivity contribution >= 4 is 17.9 Å². The predicted octanol–water partition coefficient (Wildman–Crippen LogP) is 2.08. The van der Waals surface area contributed by atoms with Gasteiger partial charge in [-0.1, -0.05) is 11.6 Å². The molecule has 0 aliphatic heterocycles. The number of hydrogen-bond acceptors (Lipinski definition) is 3. The molecular formula is C9H13ClN2O2. The van der Waals surface area contributed by atoms with Gasteiger partial charge < -0.3 is 4.74 Å². The van der Waals surface area contributed by atoms with Crippen LogP contribution in [-0.4, -0.2) is 23.2 Å². The standard InChI is InChI=1S/C9H13ClN2O2/c1-6(2)12-9(10)7(4-13)8(11-12)5-14-3/h4,6H,5H2,1-3H3. The van der Waals surface area contributed by atoms with Gasteiger partial charge in [0.25, 0.3) is 0 Å². The van der Waals surface area contributed by atoms with E-state index in [0.717, 1.165) is 0 Å². The number of carbonyl (C=O) groups is 1. The zero-order chi connectivity index (χ0) is 10.7. The number of carbonyl (C=O) groups excluding carboxylic acids is 1. The zero-order valence-electron chi connectivity index (χ0n) is 8.45. The molecule has 0 amide bonds. The lowest BCUT2D eigenvalue weighted by Gasteiger charge is -2.05. The van der Waals surface area contributed by atoms with E-state index in [-0.39, 0.29) is 6.04 Å². The largest absolute Gasteiger partial charge is 0.378 e. The number of aromatic nitrogens is 2. The van der Waals surface area contributed by atoms with Crippen molar-refractivity contribution in [1.82, 2.24) is 9.78 Å². The summed E-state index contributed by atoms with van der Waals surface area (Å²) < 4.78 is 6.54. The lowest BCUT2D eigenvalue weighted by Crippen LogP contribution is -2.03. The van der Waals surface area contributed by atoms with Crippen LogP contribution in [0.1, 0.15) is 35.9 Å². The van der Waals surface area contributed by atoms with Gasteiger partial charge in [-0.05, 0) is 13.8 Å². The average molecular weight is 217 g/mol. The van der Waals surface area contributed by atoms with Crippen molar-refractivity contribution in [2.75, 3.05) is 7.11 Å². The number of ether oxygens (including phenoxy) is 1. The number of nitrogens with zero attached hydrogens (tertiary/aromatic N) is 2. The Morgan fingerprint density at radius 1 is 1.64 bits per heavy atom. The topological polar surface area (TPSA) is 44.1 Å². The highest BCUT2D eigenvalue weighted by atomic mass is 35.5. The van der Waals surface area contributed by atoms with E-state index in [4.69, 9.17) is 16.3 Å². The molecular weight excluding hydrogens is 204 g/mol. The number of aldehydes is 1. The van der Waals surface area contributed by atoms with E-state index in [1.54, 1.807) is 11.8 Å². The Balaban J connectivity index is 3.17. The Bertz CT molecular complexity index is 334. The molecule has 1 heterocycles. The van der Waals surface area contributed by atoms with Crippen molar-refractivity contribution in [1.29, 1.82) is 0 Å². The number of hydrogen-bond donors (Lipinski definition) is 0. The SMILES string of the molecule is COCc1nn(C(C)C)c(Cl)c1C=O. The van der Waals surface area contributed by atoms with Gasteiger partial charge in [-0.25, -0.2) is 0 Å². The van der Waals surface area contributed by atoms with Crippen molar-refractivity contribution in [3.05, 3.63) is 16.4 Å². The Labute approximate surface area is 87.8 Å². The number of rotatable bonds is 4. The fourth-order valence-electron chi connectivity index (χ4n) is 1.17. The summed E-state index contributed by atoms with van der Waals surface area (Å²) in [5, 5.41) is 4.58. The Morgan fingerprint density at radius 3 is 2.71 bits per heavy atom. The first-order valence-electron chi connectivity index (χ1n) is 4.32. The minimum absolute atomic E-state index is 0.131. The van der Waals surface area contributed by atoms with E-state index >= 15 is 0 Å². The van der Waals surface area contributed by atoms with E-state index in [2.05, 4.69) is 5.10 Å². The van der Waals surface area contributed by atoms with Crippen LogP contribution in [-0.2, 0) is 11.3 Å².